The summed E-state index contributed by atoms with van der Waals surface area (Å²) in [7, 11) is 1.96. The molecule has 1 aromatic heterocycles. The molecular formula is C19H22ClN5O. The highest BCUT2D eigenvalue weighted by atomic mass is 35.5. The molecule has 2 aromatic rings. The monoisotopic (exact) mass is 371 g/mol. The molecule has 2 unspecified atom stereocenters. The Labute approximate surface area is 158 Å². The zero-order valence-corrected chi connectivity index (χ0v) is 15.4. The van der Waals surface area contributed by atoms with Crippen molar-refractivity contribution in [2.75, 3.05) is 12.8 Å². The van der Waals surface area contributed by atoms with Gasteiger partial charge in [0.25, 0.3) is 0 Å². The quantitative estimate of drug-likeness (QED) is 0.711. The smallest absolute Gasteiger partial charge is 0.165 e. The number of benzene rings is 1. The van der Waals surface area contributed by atoms with Crippen LogP contribution in [-0.2, 0) is 0 Å². The van der Waals surface area contributed by atoms with Crippen LogP contribution in [0, 0.1) is 11.3 Å². The highest BCUT2D eigenvalue weighted by Gasteiger charge is 2.26. The van der Waals surface area contributed by atoms with Crippen molar-refractivity contribution in [3.63, 3.8) is 0 Å². The third-order valence-electron chi connectivity index (χ3n) is 5.00. The van der Waals surface area contributed by atoms with Crippen LogP contribution >= 0.6 is 11.6 Å². The Morgan fingerprint density at radius 3 is 2.81 bits per heavy atom. The summed E-state index contributed by atoms with van der Waals surface area (Å²) in [6.45, 7) is 0. The van der Waals surface area contributed by atoms with Crippen LogP contribution in [0.15, 0.2) is 18.2 Å². The Hall–Kier alpha value is -2.36. The number of hydrogen-bond donors (Lipinski definition) is 3. The Balaban J connectivity index is 2.10. The Kier molecular flexibility index (Phi) is 5.60. The van der Waals surface area contributed by atoms with Gasteiger partial charge in [0.05, 0.1) is 11.3 Å². The van der Waals surface area contributed by atoms with Gasteiger partial charge in [-0.15, -0.1) is 0 Å². The zero-order chi connectivity index (χ0) is 18.7. The molecule has 1 aromatic carbocycles. The van der Waals surface area contributed by atoms with Gasteiger partial charge in [0.1, 0.15) is 23.2 Å². The first-order valence-electron chi connectivity index (χ1n) is 8.77. The fourth-order valence-electron chi connectivity index (χ4n) is 3.59. The van der Waals surface area contributed by atoms with Crippen LogP contribution in [0.4, 0.5) is 5.82 Å². The first kappa shape index (κ1) is 18.4. The number of aromatic hydroxyl groups is 1. The molecular weight excluding hydrogens is 350 g/mol. The van der Waals surface area contributed by atoms with E-state index in [0.29, 0.717) is 33.7 Å². The maximum atomic E-state index is 10.2. The fraction of sp³-hybridized carbons (Fsp3) is 0.421. The lowest BCUT2D eigenvalue weighted by molar-refractivity contribution is 0.465. The fourth-order valence-corrected chi connectivity index (χ4v) is 3.76. The van der Waals surface area contributed by atoms with Crippen molar-refractivity contribution in [1.29, 1.82) is 5.26 Å². The lowest BCUT2D eigenvalue weighted by atomic mass is 9.91. The van der Waals surface area contributed by atoms with Crippen LogP contribution in [0.3, 0.4) is 0 Å². The van der Waals surface area contributed by atoms with Crippen LogP contribution in [0.5, 0.6) is 5.75 Å². The molecule has 0 aliphatic heterocycles. The first-order chi connectivity index (χ1) is 12.5. The minimum absolute atomic E-state index is 0.0263. The SMILES string of the molecule is CNC1CCCCC(c2nc(-c3cc(Cl)ccc3O)nc(N)c2C#N)C1. The largest absolute Gasteiger partial charge is 0.507 e. The number of hydrogen-bond acceptors (Lipinski definition) is 6. The molecule has 7 heteroatoms. The number of nitriles is 1. The van der Waals surface area contributed by atoms with Crippen molar-refractivity contribution in [2.45, 2.75) is 44.1 Å². The van der Waals surface area contributed by atoms with Crippen molar-refractivity contribution >= 4 is 17.4 Å². The summed E-state index contributed by atoms with van der Waals surface area (Å²) in [5, 5.41) is 23.6. The van der Waals surface area contributed by atoms with Gasteiger partial charge in [-0.2, -0.15) is 5.26 Å². The van der Waals surface area contributed by atoms with Gasteiger partial charge in [-0.05, 0) is 44.5 Å². The third kappa shape index (κ3) is 3.74. The number of anilines is 1. The molecule has 2 atom stereocenters. The van der Waals surface area contributed by atoms with E-state index in [-0.39, 0.29) is 17.5 Å². The zero-order valence-electron chi connectivity index (χ0n) is 14.7. The average Bonchev–Trinajstić information content (AvgIpc) is 2.88. The van der Waals surface area contributed by atoms with E-state index in [1.165, 1.54) is 6.07 Å². The Morgan fingerprint density at radius 2 is 2.08 bits per heavy atom. The van der Waals surface area contributed by atoms with E-state index in [4.69, 9.17) is 17.3 Å². The first-order valence-corrected chi connectivity index (χ1v) is 9.15. The van der Waals surface area contributed by atoms with Crippen molar-refractivity contribution in [3.05, 3.63) is 34.5 Å². The van der Waals surface area contributed by atoms with Crippen LogP contribution in [0.2, 0.25) is 5.02 Å². The highest BCUT2D eigenvalue weighted by molar-refractivity contribution is 6.30. The summed E-state index contributed by atoms with van der Waals surface area (Å²) in [6.07, 6.45) is 5.17. The summed E-state index contributed by atoms with van der Waals surface area (Å²) in [5.41, 5.74) is 7.47. The van der Waals surface area contributed by atoms with Crippen LogP contribution < -0.4 is 11.1 Å². The number of nitrogen functional groups attached to an aromatic ring is 1. The van der Waals surface area contributed by atoms with Crippen molar-refractivity contribution < 1.29 is 5.11 Å². The summed E-state index contributed by atoms with van der Waals surface area (Å²) >= 11 is 6.05. The van der Waals surface area contributed by atoms with E-state index >= 15 is 0 Å². The molecule has 1 saturated carbocycles. The number of phenolic OH excluding ortho intramolecular Hbond substituents is 1. The second-order valence-electron chi connectivity index (χ2n) is 6.67. The van der Waals surface area contributed by atoms with Crippen molar-refractivity contribution in [1.82, 2.24) is 15.3 Å². The van der Waals surface area contributed by atoms with Crippen LogP contribution in [0.1, 0.15) is 49.3 Å². The standard InChI is InChI=1S/C19H22ClN5O/c1-23-13-5-3-2-4-11(8-13)17-15(10-21)18(22)25-19(24-17)14-9-12(20)6-7-16(14)26/h6-7,9,11,13,23,26H,2-5,8H2,1H3,(H2,22,24,25). The molecule has 3 rings (SSSR count). The maximum absolute atomic E-state index is 10.2. The maximum Gasteiger partial charge on any atom is 0.165 e. The van der Waals surface area contributed by atoms with E-state index in [0.717, 1.165) is 32.1 Å². The second-order valence-corrected chi connectivity index (χ2v) is 7.11. The number of nitrogens with two attached hydrogens (primary N) is 1. The van der Waals surface area contributed by atoms with E-state index in [1.807, 2.05) is 7.05 Å². The predicted octanol–water partition coefficient (Wildman–Crippen LogP) is 3.59. The molecule has 0 amide bonds. The number of rotatable bonds is 3. The molecule has 4 N–H and O–H groups in total. The summed E-state index contributed by atoms with van der Waals surface area (Å²) in [6, 6.07) is 7.24. The van der Waals surface area contributed by atoms with Gasteiger partial charge in [0, 0.05) is 17.0 Å². The summed E-state index contributed by atoms with van der Waals surface area (Å²) in [4.78, 5) is 8.89. The van der Waals surface area contributed by atoms with Crippen LogP contribution in [0.25, 0.3) is 11.4 Å². The minimum Gasteiger partial charge on any atom is -0.507 e. The molecule has 26 heavy (non-hydrogen) atoms. The lowest BCUT2D eigenvalue weighted by Crippen LogP contribution is -2.26. The normalized spacial score (nSPS) is 20.3. The Bertz CT molecular complexity index is 849. The van der Waals surface area contributed by atoms with Gasteiger partial charge in [0.15, 0.2) is 5.82 Å². The van der Waals surface area contributed by atoms with Crippen LogP contribution in [-0.4, -0.2) is 28.2 Å². The second kappa shape index (κ2) is 7.90. The van der Waals surface area contributed by atoms with E-state index < -0.39 is 0 Å². The number of aromatic nitrogens is 2. The van der Waals surface area contributed by atoms with E-state index in [9.17, 15) is 10.4 Å². The highest BCUT2D eigenvalue weighted by Crippen LogP contribution is 2.36. The Morgan fingerprint density at radius 1 is 1.31 bits per heavy atom. The minimum atomic E-state index is 0.0263. The predicted molar refractivity (Wildman–Crippen MR) is 102 cm³/mol. The molecule has 0 spiro atoms. The number of nitrogens with one attached hydrogen (secondary N) is 1. The number of nitrogens with zero attached hydrogens (tertiary/aromatic N) is 3. The molecule has 0 bridgehead atoms. The van der Waals surface area contributed by atoms with Gasteiger partial charge in [-0.25, -0.2) is 9.97 Å². The third-order valence-corrected chi connectivity index (χ3v) is 5.23. The van der Waals surface area contributed by atoms with Gasteiger partial charge in [0.2, 0.25) is 0 Å². The van der Waals surface area contributed by atoms with Gasteiger partial charge in [-0.3, -0.25) is 0 Å². The lowest BCUT2D eigenvalue weighted by Gasteiger charge is -2.21. The van der Waals surface area contributed by atoms with E-state index in [1.54, 1.807) is 12.1 Å². The molecule has 6 nitrogen and oxygen atoms in total. The number of phenols is 1. The summed E-state index contributed by atoms with van der Waals surface area (Å²) < 4.78 is 0. The van der Waals surface area contributed by atoms with Gasteiger partial charge < -0.3 is 16.2 Å². The molecule has 1 aliphatic rings. The van der Waals surface area contributed by atoms with E-state index in [2.05, 4.69) is 21.4 Å². The van der Waals surface area contributed by atoms with Crippen molar-refractivity contribution in [3.8, 4) is 23.2 Å². The molecule has 1 fully saturated rings. The van der Waals surface area contributed by atoms with Crippen molar-refractivity contribution in [2.24, 2.45) is 0 Å². The van der Waals surface area contributed by atoms with Gasteiger partial charge in [-0.1, -0.05) is 24.4 Å². The average molecular weight is 372 g/mol. The molecule has 1 heterocycles. The molecule has 0 radical (unpaired) electrons. The molecule has 0 saturated heterocycles. The topological polar surface area (TPSA) is 108 Å². The molecule has 1 aliphatic carbocycles. The summed E-state index contributed by atoms with van der Waals surface area (Å²) in [5.74, 6) is 0.576. The van der Waals surface area contributed by atoms with Gasteiger partial charge >= 0.3 is 0 Å². The number of halogens is 1. The molecule has 136 valence electrons.